The standard InChI is InChI=1S/C10H10O2/c11-7-3-5-1-2-6-4-8(12)10(7)9(5)6/h1-2,5-6,9-10H,3-4H2/t5-,6+,9?,10?. The molecule has 0 radical (unpaired) electrons. The van der Waals surface area contributed by atoms with Gasteiger partial charge in [0.2, 0.25) is 0 Å². The number of hydrogen-bond donors (Lipinski definition) is 0. The minimum Gasteiger partial charge on any atom is -0.299 e. The number of ketones is 2. The fraction of sp³-hybridized carbons (Fsp3) is 0.600. The van der Waals surface area contributed by atoms with Crippen LogP contribution in [0.4, 0.5) is 0 Å². The molecule has 0 saturated heterocycles. The molecule has 0 heterocycles. The van der Waals surface area contributed by atoms with Crippen LogP contribution in [0.1, 0.15) is 12.8 Å². The van der Waals surface area contributed by atoms with Crippen LogP contribution in [-0.2, 0) is 9.59 Å². The largest absolute Gasteiger partial charge is 0.299 e. The first-order valence-corrected chi connectivity index (χ1v) is 4.51. The minimum atomic E-state index is -0.213. The molecule has 2 saturated carbocycles. The van der Waals surface area contributed by atoms with E-state index >= 15 is 0 Å². The average molecular weight is 162 g/mol. The zero-order chi connectivity index (χ0) is 8.29. The second-order valence-electron chi connectivity index (χ2n) is 4.11. The number of allylic oxidation sites excluding steroid dienone is 2. The topological polar surface area (TPSA) is 34.1 Å². The Morgan fingerprint density at radius 3 is 2.00 bits per heavy atom. The van der Waals surface area contributed by atoms with Gasteiger partial charge in [-0.15, -0.1) is 0 Å². The van der Waals surface area contributed by atoms with E-state index in [0.717, 1.165) is 0 Å². The van der Waals surface area contributed by atoms with Gasteiger partial charge >= 0.3 is 0 Å². The van der Waals surface area contributed by atoms with E-state index < -0.39 is 0 Å². The molecule has 12 heavy (non-hydrogen) atoms. The molecule has 0 aliphatic heterocycles. The van der Waals surface area contributed by atoms with Gasteiger partial charge in [0.25, 0.3) is 0 Å². The SMILES string of the molecule is O=C1C[C@H]2C=C[C@H]3CC(=O)C1C23. The van der Waals surface area contributed by atoms with Gasteiger partial charge in [0.15, 0.2) is 0 Å². The van der Waals surface area contributed by atoms with E-state index in [1.807, 2.05) is 0 Å². The van der Waals surface area contributed by atoms with Crippen LogP contribution in [0.15, 0.2) is 12.2 Å². The van der Waals surface area contributed by atoms with Crippen LogP contribution in [0.3, 0.4) is 0 Å². The van der Waals surface area contributed by atoms with Crippen molar-refractivity contribution in [3.05, 3.63) is 12.2 Å². The number of hydrogen-bond acceptors (Lipinski definition) is 2. The van der Waals surface area contributed by atoms with E-state index in [2.05, 4.69) is 12.2 Å². The van der Waals surface area contributed by atoms with E-state index in [1.54, 1.807) is 0 Å². The Kier molecular flexibility index (Phi) is 1.03. The first-order valence-electron chi connectivity index (χ1n) is 4.51. The monoisotopic (exact) mass is 162 g/mol. The molecule has 0 spiro atoms. The van der Waals surface area contributed by atoms with Crippen molar-refractivity contribution in [3.63, 3.8) is 0 Å². The molecule has 4 atom stereocenters. The second kappa shape index (κ2) is 1.87. The fourth-order valence-corrected chi connectivity index (χ4v) is 3.09. The van der Waals surface area contributed by atoms with Gasteiger partial charge in [0.05, 0.1) is 5.92 Å². The van der Waals surface area contributed by atoms with Gasteiger partial charge in [-0.1, -0.05) is 12.2 Å². The molecule has 2 unspecified atom stereocenters. The summed E-state index contributed by atoms with van der Waals surface area (Å²) < 4.78 is 0. The second-order valence-corrected chi connectivity index (χ2v) is 4.11. The van der Waals surface area contributed by atoms with Crippen molar-refractivity contribution in [2.45, 2.75) is 12.8 Å². The highest BCUT2D eigenvalue weighted by Gasteiger charge is 2.55. The summed E-state index contributed by atoms with van der Waals surface area (Å²) in [7, 11) is 0. The molecule has 2 heteroatoms. The van der Waals surface area contributed by atoms with Gasteiger partial charge in [-0.2, -0.15) is 0 Å². The lowest BCUT2D eigenvalue weighted by Crippen LogP contribution is -2.17. The first-order chi connectivity index (χ1) is 5.77. The maximum Gasteiger partial charge on any atom is 0.144 e. The Morgan fingerprint density at radius 1 is 1.00 bits per heavy atom. The Bertz CT molecular complexity index is 275. The molecule has 3 rings (SSSR count). The van der Waals surface area contributed by atoms with Crippen molar-refractivity contribution in [1.82, 2.24) is 0 Å². The Labute approximate surface area is 70.6 Å². The highest BCUT2D eigenvalue weighted by Crippen LogP contribution is 2.51. The lowest BCUT2D eigenvalue weighted by molar-refractivity contribution is -0.129. The fourth-order valence-electron chi connectivity index (χ4n) is 3.09. The van der Waals surface area contributed by atoms with E-state index in [0.29, 0.717) is 30.6 Å². The van der Waals surface area contributed by atoms with Crippen molar-refractivity contribution in [2.75, 3.05) is 0 Å². The van der Waals surface area contributed by atoms with Crippen molar-refractivity contribution >= 4 is 11.6 Å². The van der Waals surface area contributed by atoms with Crippen molar-refractivity contribution in [1.29, 1.82) is 0 Å². The molecular formula is C10H10O2. The molecule has 0 N–H and O–H groups in total. The normalized spacial score (nSPS) is 49.0. The van der Waals surface area contributed by atoms with Gasteiger partial charge in [-0.05, 0) is 17.8 Å². The summed E-state index contributed by atoms with van der Waals surface area (Å²) in [5.74, 6) is 1.35. The number of rotatable bonds is 0. The lowest BCUT2D eigenvalue weighted by Gasteiger charge is -2.10. The number of carbonyl (C=O) groups excluding carboxylic acids is 2. The summed E-state index contributed by atoms with van der Waals surface area (Å²) in [6.45, 7) is 0. The summed E-state index contributed by atoms with van der Waals surface area (Å²) in [6, 6.07) is 0. The van der Waals surface area contributed by atoms with Gasteiger partial charge in [-0.25, -0.2) is 0 Å². The van der Waals surface area contributed by atoms with Gasteiger partial charge in [-0.3, -0.25) is 9.59 Å². The molecule has 62 valence electrons. The molecule has 3 aliphatic rings. The smallest absolute Gasteiger partial charge is 0.144 e. The van der Waals surface area contributed by atoms with Crippen molar-refractivity contribution in [3.8, 4) is 0 Å². The maximum absolute atomic E-state index is 11.4. The third kappa shape index (κ3) is 0.576. The van der Waals surface area contributed by atoms with E-state index in [9.17, 15) is 9.59 Å². The molecule has 0 amide bonds. The molecular weight excluding hydrogens is 152 g/mol. The average Bonchev–Trinajstić information content (AvgIpc) is 2.57. The van der Waals surface area contributed by atoms with Gasteiger partial charge < -0.3 is 0 Å². The predicted octanol–water partition coefficient (Wildman–Crippen LogP) is 0.967. The molecule has 0 aromatic heterocycles. The third-order valence-corrected chi connectivity index (χ3v) is 3.55. The molecule has 0 aromatic rings. The summed E-state index contributed by atoms with van der Waals surface area (Å²) in [5.41, 5.74) is 0. The molecule has 2 nitrogen and oxygen atoms in total. The summed E-state index contributed by atoms with van der Waals surface area (Å²) in [6.07, 6.45) is 5.52. The van der Waals surface area contributed by atoms with Gasteiger partial charge in [0, 0.05) is 12.8 Å². The van der Waals surface area contributed by atoms with Crippen LogP contribution in [0.25, 0.3) is 0 Å². The van der Waals surface area contributed by atoms with E-state index in [1.165, 1.54) is 0 Å². The highest BCUT2D eigenvalue weighted by atomic mass is 16.2. The van der Waals surface area contributed by atoms with Crippen LogP contribution < -0.4 is 0 Å². The highest BCUT2D eigenvalue weighted by molar-refractivity contribution is 6.06. The molecule has 0 bridgehead atoms. The van der Waals surface area contributed by atoms with Crippen LogP contribution >= 0.6 is 0 Å². The number of Topliss-reactive ketones (excluding diaryl/α,β-unsaturated/α-hetero) is 2. The zero-order valence-corrected chi connectivity index (χ0v) is 6.69. The Morgan fingerprint density at radius 2 is 1.50 bits per heavy atom. The third-order valence-electron chi connectivity index (χ3n) is 3.55. The Hall–Kier alpha value is -0.920. The maximum atomic E-state index is 11.4. The predicted molar refractivity (Wildman–Crippen MR) is 42.3 cm³/mol. The van der Waals surface area contributed by atoms with E-state index in [4.69, 9.17) is 0 Å². The lowest BCUT2D eigenvalue weighted by atomic mass is 9.91. The van der Waals surface area contributed by atoms with Crippen LogP contribution in [0.5, 0.6) is 0 Å². The number of carbonyl (C=O) groups is 2. The minimum absolute atomic E-state index is 0.196. The molecule has 0 aromatic carbocycles. The van der Waals surface area contributed by atoms with Crippen LogP contribution in [-0.4, -0.2) is 11.6 Å². The molecule has 2 fully saturated rings. The quantitative estimate of drug-likeness (QED) is 0.393. The van der Waals surface area contributed by atoms with Gasteiger partial charge in [0.1, 0.15) is 11.6 Å². The van der Waals surface area contributed by atoms with Crippen molar-refractivity contribution < 1.29 is 9.59 Å². The van der Waals surface area contributed by atoms with E-state index in [-0.39, 0.29) is 17.5 Å². The zero-order valence-electron chi connectivity index (χ0n) is 6.69. The molecule has 3 aliphatic carbocycles. The summed E-state index contributed by atoms with van der Waals surface area (Å²) in [5, 5.41) is 0. The first kappa shape index (κ1) is 6.58. The van der Waals surface area contributed by atoms with Crippen LogP contribution in [0, 0.1) is 23.7 Å². The van der Waals surface area contributed by atoms with Crippen molar-refractivity contribution in [2.24, 2.45) is 23.7 Å². The summed E-state index contributed by atoms with van der Waals surface area (Å²) in [4.78, 5) is 22.8. The van der Waals surface area contributed by atoms with Crippen LogP contribution in [0.2, 0.25) is 0 Å². The summed E-state index contributed by atoms with van der Waals surface area (Å²) >= 11 is 0. The Balaban J connectivity index is 2.10.